The van der Waals surface area contributed by atoms with Crippen LogP contribution >= 0.6 is 0 Å². The van der Waals surface area contributed by atoms with Crippen molar-refractivity contribution >= 4 is 11.6 Å². The number of aryl methyl sites for hydroxylation is 1. The number of carbonyl (C=O) groups excluding carboxylic acids is 1. The Labute approximate surface area is 102 Å². The number of benzene rings is 1. The topological polar surface area (TPSA) is 55.1 Å². The van der Waals surface area contributed by atoms with Crippen molar-refractivity contribution in [3.63, 3.8) is 0 Å². The molecule has 3 heteroatoms. The van der Waals surface area contributed by atoms with Gasteiger partial charge >= 0.3 is 0 Å². The first kappa shape index (κ1) is 12.1. The number of rotatable bonds is 3. The Bertz CT molecular complexity index is 415. The lowest BCUT2D eigenvalue weighted by atomic mass is 9.90. The molecule has 0 unspecified atom stereocenters. The molecule has 0 saturated heterocycles. The van der Waals surface area contributed by atoms with Gasteiger partial charge in [-0.3, -0.25) is 4.79 Å². The van der Waals surface area contributed by atoms with Crippen LogP contribution in [0.4, 0.5) is 5.69 Å². The van der Waals surface area contributed by atoms with Crippen LogP contribution in [-0.2, 0) is 17.6 Å². The van der Waals surface area contributed by atoms with Gasteiger partial charge in [0.25, 0.3) is 0 Å². The van der Waals surface area contributed by atoms with E-state index in [4.69, 9.17) is 5.73 Å². The van der Waals surface area contributed by atoms with Gasteiger partial charge in [-0.05, 0) is 49.3 Å². The van der Waals surface area contributed by atoms with Crippen molar-refractivity contribution in [1.82, 2.24) is 0 Å². The highest BCUT2D eigenvalue weighted by atomic mass is 16.2. The molecule has 0 bridgehead atoms. The Kier molecular flexibility index (Phi) is 3.79. The van der Waals surface area contributed by atoms with Crippen molar-refractivity contribution in [2.24, 2.45) is 5.73 Å². The quantitative estimate of drug-likeness (QED) is 0.839. The average molecular weight is 232 g/mol. The fourth-order valence-electron chi connectivity index (χ4n) is 2.31. The number of nitrogens with two attached hydrogens (primary N) is 1. The van der Waals surface area contributed by atoms with E-state index in [-0.39, 0.29) is 5.91 Å². The first-order valence-electron chi connectivity index (χ1n) is 6.39. The molecule has 3 nitrogen and oxygen atoms in total. The van der Waals surface area contributed by atoms with Crippen molar-refractivity contribution in [2.45, 2.75) is 45.1 Å². The van der Waals surface area contributed by atoms with E-state index in [0.717, 1.165) is 18.5 Å². The molecule has 1 aliphatic carbocycles. The molecule has 17 heavy (non-hydrogen) atoms. The number of anilines is 1. The minimum atomic E-state index is -0.408. The van der Waals surface area contributed by atoms with E-state index in [0.29, 0.717) is 6.42 Å². The van der Waals surface area contributed by atoms with Crippen LogP contribution in [0.2, 0.25) is 0 Å². The Balaban J connectivity index is 2.18. The molecule has 0 fully saturated rings. The molecule has 1 aromatic carbocycles. The summed E-state index contributed by atoms with van der Waals surface area (Å²) in [5, 5.41) is 2.96. The van der Waals surface area contributed by atoms with Gasteiger partial charge in [-0.25, -0.2) is 0 Å². The number of nitrogens with one attached hydrogen (secondary N) is 1. The van der Waals surface area contributed by atoms with Gasteiger partial charge in [-0.2, -0.15) is 0 Å². The zero-order valence-corrected chi connectivity index (χ0v) is 10.3. The molecule has 0 radical (unpaired) electrons. The van der Waals surface area contributed by atoms with Gasteiger partial charge in [0.15, 0.2) is 0 Å². The Hall–Kier alpha value is -1.35. The molecular formula is C14H20N2O. The summed E-state index contributed by atoms with van der Waals surface area (Å²) in [6, 6.07) is 5.74. The summed E-state index contributed by atoms with van der Waals surface area (Å²) in [5.74, 6) is -0.0773. The number of hydrogen-bond donors (Lipinski definition) is 2. The molecule has 0 heterocycles. The fourth-order valence-corrected chi connectivity index (χ4v) is 2.31. The van der Waals surface area contributed by atoms with Gasteiger partial charge in [0.05, 0.1) is 6.04 Å². The highest BCUT2D eigenvalue weighted by molar-refractivity contribution is 5.95. The first-order valence-corrected chi connectivity index (χ1v) is 6.39. The molecular weight excluding hydrogens is 212 g/mol. The third kappa shape index (κ3) is 2.67. The second kappa shape index (κ2) is 5.32. The van der Waals surface area contributed by atoms with E-state index in [2.05, 4.69) is 11.4 Å². The maximum absolute atomic E-state index is 11.8. The van der Waals surface area contributed by atoms with E-state index in [1.54, 1.807) is 0 Å². The van der Waals surface area contributed by atoms with Crippen LogP contribution in [-0.4, -0.2) is 11.9 Å². The first-order chi connectivity index (χ1) is 8.22. The number of carbonyl (C=O) groups is 1. The van der Waals surface area contributed by atoms with Gasteiger partial charge in [-0.15, -0.1) is 0 Å². The van der Waals surface area contributed by atoms with Gasteiger partial charge < -0.3 is 11.1 Å². The summed E-state index contributed by atoms with van der Waals surface area (Å²) >= 11 is 0. The monoisotopic (exact) mass is 232 g/mol. The normalized spacial score (nSPS) is 16.1. The van der Waals surface area contributed by atoms with Crippen LogP contribution in [0.15, 0.2) is 18.2 Å². The lowest BCUT2D eigenvalue weighted by Gasteiger charge is -2.20. The molecule has 0 aromatic heterocycles. The highest BCUT2D eigenvalue weighted by Gasteiger charge is 2.16. The van der Waals surface area contributed by atoms with E-state index < -0.39 is 6.04 Å². The summed E-state index contributed by atoms with van der Waals surface area (Å²) in [6.45, 7) is 1.92. The molecule has 0 saturated carbocycles. The summed E-state index contributed by atoms with van der Waals surface area (Å²) in [4.78, 5) is 11.8. The van der Waals surface area contributed by atoms with Crippen LogP contribution in [0.1, 0.15) is 37.3 Å². The molecule has 2 rings (SSSR count). The summed E-state index contributed by atoms with van der Waals surface area (Å²) in [6.07, 6.45) is 5.31. The molecule has 1 atom stereocenters. The minimum absolute atomic E-state index is 0.0773. The Morgan fingerprint density at radius 2 is 2.18 bits per heavy atom. The Morgan fingerprint density at radius 1 is 1.41 bits per heavy atom. The molecule has 1 aromatic rings. The molecule has 0 spiro atoms. The van der Waals surface area contributed by atoms with Crippen molar-refractivity contribution in [1.29, 1.82) is 0 Å². The minimum Gasteiger partial charge on any atom is -0.324 e. The molecule has 1 amide bonds. The van der Waals surface area contributed by atoms with Crippen molar-refractivity contribution in [3.05, 3.63) is 29.3 Å². The summed E-state index contributed by atoms with van der Waals surface area (Å²) in [5.41, 5.74) is 9.36. The lowest BCUT2D eigenvalue weighted by Crippen LogP contribution is -2.35. The van der Waals surface area contributed by atoms with Crippen LogP contribution in [0.25, 0.3) is 0 Å². The van der Waals surface area contributed by atoms with E-state index in [1.165, 1.54) is 24.0 Å². The molecule has 3 N–H and O–H groups in total. The van der Waals surface area contributed by atoms with Gasteiger partial charge in [0.1, 0.15) is 0 Å². The van der Waals surface area contributed by atoms with E-state index in [9.17, 15) is 4.79 Å². The lowest BCUT2D eigenvalue weighted by molar-refractivity contribution is -0.117. The second-order valence-corrected chi connectivity index (χ2v) is 4.65. The van der Waals surface area contributed by atoms with Crippen LogP contribution in [0.3, 0.4) is 0 Å². The van der Waals surface area contributed by atoms with Gasteiger partial charge in [0.2, 0.25) is 5.91 Å². The number of amides is 1. The maximum atomic E-state index is 11.8. The van der Waals surface area contributed by atoms with Crippen molar-refractivity contribution < 1.29 is 4.79 Å². The largest absolute Gasteiger partial charge is 0.324 e. The SMILES string of the molecule is CC[C@H](N)C(=O)Nc1cccc2c1CCCC2. The predicted octanol–water partition coefficient (Wildman–Crippen LogP) is 2.24. The zero-order valence-electron chi connectivity index (χ0n) is 10.3. The predicted molar refractivity (Wildman–Crippen MR) is 70.0 cm³/mol. The third-order valence-electron chi connectivity index (χ3n) is 3.43. The summed E-state index contributed by atoms with van der Waals surface area (Å²) < 4.78 is 0. The number of hydrogen-bond acceptors (Lipinski definition) is 2. The van der Waals surface area contributed by atoms with Crippen LogP contribution < -0.4 is 11.1 Å². The standard InChI is InChI=1S/C14H20N2O/c1-2-12(15)14(17)16-13-9-5-7-10-6-3-4-8-11(10)13/h5,7,9,12H,2-4,6,8,15H2,1H3,(H,16,17)/t12-/m0/s1. The molecule has 0 aliphatic heterocycles. The van der Waals surface area contributed by atoms with Crippen molar-refractivity contribution in [3.8, 4) is 0 Å². The number of fused-ring (bicyclic) bond motifs is 1. The second-order valence-electron chi connectivity index (χ2n) is 4.65. The maximum Gasteiger partial charge on any atom is 0.241 e. The van der Waals surface area contributed by atoms with Crippen molar-refractivity contribution in [2.75, 3.05) is 5.32 Å². The average Bonchev–Trinajstić information content (AvgIpc) is 2.38. The molecule has 92 valence electrons. The van der Waals surface area contributed by atoms with Crippen LogP contribution in [0.5, 0.6) is 0 Å². The Morgan fingerprint density at radius 3 is 2.94 bits per heavy atom. The summed E-state index contributed by atoms with van der Waals surface area (Å²) in [7, 11) is 0. The fraction of sp³-hybridized carbons (Fsp3) is 0.500. The van der Waals surface area contributed by atoms with Crippen LogP contribution in [0, 0.1) is 0 Å². The van der Waals surface area contributed by atoms with E-state index in [1.807, 2.05) is 19.1 Å². The highest BCUT2D eigenvalue weighted by Crippen LogP contribution is 2.27. The van der Waals surface area contributed by atoms with Gasteiger partial charge in [-0.1, -0.05) is 19.1 Å². The zero-order chi connectivity index (χ0) is 12.3. The van der Waals surface area contributed by atoms with E-state index >= 15 is 0 Å². The van der Waals surface area contributed by atoms with Gasteiger partial charge in [0, 0.05) is 5.69 Å². The third-order valence-corrected chi connectivity index (χ3v) is 3.43. The molecule has 1 aliphatic rings. The smallest absolute Gasteiger partial charge is 0.241 e.